The molecule has 0 aliphatic carbocycles. The van der Waals surface area contributed by atoms with Crippen LogP contribution >= 0.6 is 0 Å². The minimum Gasteiger partial charge on any atom is -0.461 e. The number of carbonyl (C=O) groups is 1. The lowest BCUT2D eigenvalue weighted by atomic mass is 9.96. The van der Waals surface area contributed by atoms with E-state index < -0.39 is 0 Å². The second kappa shape index (κ2) is 2.86. The summed E-state index contributed by atoms with van der Waals surface area (Å²) in [5.41, 5.74) is 1.15. The SMILES string of the molecule is CCC1C(=O)OCC=C1C. The van der Waals surface area contributed by atoms with Crippen LogP contribution in [0.4, 0.5) is 0 Å². The van der Waals surface area contributed by atoms with Crippen LogP contribution in [0.2, 0.25) is 0 Å². The summed E-state index contributed by atoms with van der Waals surface area (Å²) in [7, 11) is 0. The molecule has 2 nitrogen and oxygen atoms in total. The molecule has 2 heteroatoms. The van der Waals surface area contributed by atoms with Gasteiger partial charge in [0.1, 0.15) is 6.61 Å². The second-order valence-corrected chi connectivity index (χ2v) is 2.54. The number of hydrogen-bond donors (Lipinski definition) is 0. The van der Waals surface area contributed by atoms with E-state index in [-0.39, 0.29) is 11.9 Å². The van der Waals surface area contributed by atoms with Crippen molar-refractivity contribution in [3.05, 3.63) is 11.6 Å². The summed E-state index contributed by atoms with van der Waals surface area (Å²) in [6.45, 7) is 4.43. The summed E-state index contributed by atoms with van der Waals surface area (Å²) in [4.78, 5) is 11.0. The first-order valence-electron chi connectivity index (χ1n) is 3.59. The Morgan fingerprint density at radius 3 is 2.90 bits per heavy atom. The molecule has 0 bridgehead atoms. The first-order chi connectivity index (χ1) is 4.75. The number of hydrogen-bond acceptors (Lipinski definition) is 2. The third-order valence-corrected chi connectivity index (χ3v) is 1.87. The Morgan fingerprint density at radius 2 is 2.50 bits per heavy atom. The van der Waals surface area contributed by atoms with Gasteiger partial charge >= 0.3 is 5.97 Å². The molecule has 1 rings (SSSR count). The first kappa shape index (κ1) is 7.32. The van der Waals surface area contributed by atoms with Crippen molar-refractivity contribution < 1.29 is 9.53 Å². The highest BCUT2D eigenvalue weighted by molar-refractivity contribution is 5.76. The summed E-state index contributed by atoms with van der Waals surface area (Å²) < 4.78 is 4.84. The summed E-state index contributed by atoms with van der Waals surface area (Å²) in [6, 6.07) is 0. The highest BCUT2D eigenvalue weighted by atomic mass is 16.5. The minimum absolute atomic E-state index is 0.0220. The predicted octanol–water partition coefficient (Wildman–Crippen LogP) is 1.52. The summed E-state index contributed by atoms with van der Waals surface area (Å²) in [5, 5.41) is 0. The lowest BCUT2D eigenvalue weighted by molar-refractivity contribution is -0.147. The molecule has 56 valence electrons. The van der Waals surface area contributed by atoms with E-state index in [0.29, 0.717) is 6.61 Å². The van der Waals surface area contributed by atoms with Crippen LogP contribution in [0.25, 0.3) is 0 Å². The predicted molar refractivity (Wildman–Crippen MR) is 38.5 cm³/mol. The summed E-state index contributed by atoms with van der Waals surface area (Å²) >= 11 is 0. The van der Waals surface area contributed by atoms with Crippen LogP contribution in [0.3, 0.4) is 0 Å². The fraction of sp³-hybridized carbons (Fsp3) is 0.625. The molecule has 0 spiro atoms. The van der Waals surface area contributed by atoms with E-state index in [9.17, 15) is 4.79 Å². The molecule has 0 N–H and O–H groups in total. The van der Waals surface area contributed by atoms with E-state index in [1.807, 2.05) is 19.9 Å². The van der Waals surface area contributed by atoms with Crippen molar-refractivity contribution in [2.45, 2.75) is 20.3 Å². The lowest BCUT2D eigenvalue weighted by Crippen LogP contribution is -2.22. The zero-order valence-corrected chi connectivity index (χ0v) is 6.39. The topological polar surface area (TPSA) is 26.3 Å². The van der Waals surface area contributed by atoms with Gasteiger partial charge in [0.2, 0.25) is 0 Å². The maximum absolute atomic E-state index is 11.0. The van der Waals surface area contributed by atoms with E-state index in [0.717, 1.165) is 12.0 Å². The number of cyclic esters (lactones) is 1. The Labute approximate surface area is 60.9 Å². The van der Waals surface area contributed by atoms with Crippen LogP contribution < -0.4 is 0 Å². The number of rotatable bonds is 1. The maximum atomic E-state index is 11.0. The molecule has 1 atom stereocenters. The van der Waals surface area contributed by atoms with Gasteiger partial charge in [-0.05, 0) is 19.4 Å². The molecule has 0 fully saturated rings. The van der Waals surface area contributed by atoms with Gasteiger partial charge in [0.25, 0.3) is 0 Å². The number of ether oxygens (including phenoxy) is 1. The van der Waals surface area contributed by atoms with Gasteiger partial charge in [-0.1, -0.05) is 12.5 Å². The van der Waals surface area contributed by atoms with Crippen molar-refractivity contribution in [3.8, 4) is 0 Å². The Bertz CT molecular complexity index is 170. The largest absolute Gasteiger partial charge is 0.461 e. The normalized spacial score (nSPS) is 25.6. The lowest BCUT2D eigenvalue weighted by Gasteiger charge is -2.18. The van der Waals surface area contributed by atoms with Crippen molar-refractivity contribution in [1.29, 1.82) is 0 Å². The van der Waals surface area contributed by atoms with E-state index >= 15 is 0 Å². The van der Waals surface area contributed by atoms with Crippen molar-refractivity contribution in [2.75, 3.05) is 6.61 Å². The quantitative estimate of drug-likeness (QED) is 0.407. The standard InChI is InChI=1S/C8H12O2/c1-3-7-6(2)4-5-10-8(7)9/h4,7H,3,5H2,1-2H3. The third-order valence-electron chi connectivity index (χ3n) is 1.87. The van der Waals surface area contributed by atoms with Gasteiger partial charge < -0.3 is 4.74 Å². The van der Waals surface area contributed by atoms with Crippen LogP contribution in [0.1, 0.15) is 20.3 Å². The van der Waals surface area contributed by atoms with Crippen LogP contribution in [0.15, 0.2) is 11.6 Å². The zero-order chi connectivity index (χ0) is 7.56. The molecule has 10 heavy (non-hydrogen) atoms. The molecule has 0 aromatic heterocycles. The van der Waals surface area contributed by atoms with Gasteiger partial charge in [-0.15, -0.1) is 0 Å². The zero-order valence-electron chi connectivity index (χ0n) is 6.39. The first-order valence-corrected chi connectivity index (χ1v) is 3.59. The molecule has 0 saturated carbocycles. The van der Waals surface area contributed by atoms with Crippen molar-refractivity contribution >= 4 is 5.97 Å². The monoisotopic (exact) mass is 140 g/mol. The van der Waals surface area contributed by atoms with Gasteiger partial charge in [0.05, 0.1) is 5.92 Å². The second-order valence-electron chi connectivity index (χ2n) is 2.54. The molecule has 0 aromatic rings. The molecule has 0 aromatic carbocycles. The number of esters is 1. The highest BCUT2D eigenvalue weighted by Gasteiger charge is 2.22. The van der Waals surface area contributed by atoms with Gasteiger partial charge in [-0.2, -0.15) is 0 Å². The fourth-order valence-corrected chi connectivity index (χ4v) is 1.17. The number of carbonyl (C=O) groups excluding carboxylic acids is 1. The van der Waals surface area contributed by atoms with Crippen LogP contribution in [0, 0.1) is 5.92 Å². The van der Waals surface area contributed by atoms with Gasteiger partial charge in [0.15, 0.2) is 0 Å². The fourth-order valence-electron chi connectivity index (χ4n) is 1.17. The molecule has 0 saturated heterocycles. The summed E-state index contributed by atoms with van der Waals surface area (Å²) in [5.74, 6) is -0.0451. The summed E-state index contributed by atoms with van der Waals surface area (Å²) in [6.07, 6.45) is 2.82. The van der Waals surface area contributed by atoms with Crippen molar-refractivity contribution in [3.63, 3.8) is 0 Å². The Kier molecular flexibility index (Phi) is 2.10. The van der Waals surface area contributed by atoms with Crippen LogP contribution in [-0.4, -0.2) is 12.6 Å². The highest BCUT2D eigenvalue weighted by Crippen LogP contribution is 2.19. The van der Waals surface area contributed by atoms with Gasteiger partial charge in [0, 0.05) is 0 Å². The Balaban J connectivity index is 2.72. The van der Waals surface area contributed by atoms with Crippen molar-refractivity contribution in [1.82, 2.24) is 0 Å². The molecule has 1 unspecified atom stereocenters. The van der Waals surface area contributed by atoms with E-state index in [1.54, 1.807) is 0 Å². The van der Waals surface area contributed by atoms with Gasteiger partial charge in [-0.3, -0.25) is 4.79 Å². The van der Waals surface area contributed by atoms with E-state index in [4.69, 9.17) is 4.74 Å². The molecule has 0 amide bonds. The average Bonchev–Trinajstić information content (AvgIpc) is 1.88. The van der Waals surface area contributed by atoms with Gasteiger partial charge in [-0.25, -0.2) is 0 Å². The Hall–Kier alpha value is -0.790. The molecule has 1 aliphatic heterocycles. The van der Waals surface area contributed by atoms with E-state index in [2.05, 4.69) is 0 Å². The molecule has 1 aliphatic rings. The van der Waals surface area contributed by atoms with Crippen LogP contribution in [0.5, 0.6) is 0 Å². The smallest absolute Gasteiger partial charge is 0.313 e. The Morgan fingerprint density at radius 1 is 1.80 bits per heavy atom. The minimum atomic E-state index is -0.0671. The van der Waals surface area contributed by atoms with E-state index in [1.165, 1.54) is 0 Å². The molecular weight excluding hydrogens is 128 g/mol. The maximum Gasteiger partial charge on any atom is 0.313 e. The third kappa shape index (κ3) is 1.20. The molecule has 0 radical (unpaired) electrons. The average molecular weight is 140 g/mol. The van der Waals surface area contributed by atoms with Crippen LogP contribution in [-0.2, 0) is 9.53 Å². The van der Waals surface area contributed by atoms with Crippen molar-refractivity contribution in [2.24, 2.45) is 5.92 Å². The molecular formula is C8H12O2. The molecule has 1 heterocycles.